The molecule has 1 aromatic carbocycles. The van der Waals surface area contributed by atoms with Crippen LogP contribution in [-0.4, -0.2) is 45.8 Å². The number of hydrogen-bond donors (Lipinski definition) is 3. The molecular weight excluding hydrogens is 466 g/mol. The van der Waals surface area contributed by atoms with Crippen molar-refractivity contribution in [3.8, 4) is 17.3 Å². The fraction of sp³-hybridized carbons (Fsp3) is 0.208. The highest BCUT2D eigenvalue weighted by Crippen LogP contribution is 2.28. The van der Waals surface area contributed by atoms with E-state index in [-0.39, 0.29) is 5.82 Å². The molecule has 0 amide bonds. The third-order valence-corrected chi connectivity index (χ3v) is 5.19. The number of rotatable bonds is 4. The summed E-state index contributed by atoms with van der Waals surface area (Å²) in [5, 5.41) is 16.3. The number of carboxylic acid groups (broad SMARTS) is 1. The van der Waals surface area contributed by atoms with Gasteiger partial charge >= 0.3 is 12.1 Å². The molecule has 4 N–H and O–H groups in total. The summed E-state index contributed by atoms with van der Waals surface area (Å²) in [5.74, 6) is -2.05. The Morgan fingerprint density at radius 2 is 1.89 bits per heavy atom. The quantitative estimate of drug-likeness (QED) is 0.468. The molecule has 1 atom stereocenters. The maximum Gasteiger partial charge on any atom is 0.490 e. The molecule has 1 fully saturated rings. The Labute approximate surface area is 198 Å². The second-order valence-electron chi connectivity index (χ2n) is 7.85. The Morgan fingerprint density at radius 3 is 2.49 bits per heavy atom. The summed E-state index contributed by atoms with van der Waals surface area (Å²) >= 11 is 0. The lowest BCUT2D eigenvalue weighted by Gasteiger charge is -2.18. The molecule has 1 aliphatic rings. The number of aliphatic carboxylic acids is 1. The van der Waals surface area contributed by atoms with E-state index in [0.29, 0.717) is 13.0 Å². The molecule has 1 aliphatic heterocycles. The number of nitrogens with two attached hydrogens (primary N) is 1. The SMILES string of the molecule is N#C[C@]1(N)CCN(c2ccc(-c3ccnc(/C=C/c4ccc(F)cc4)c3)[nH]2)C1.O=C(O)C(F)(F)F. The molecule has 0 unspecified atom stereocenters. The van der Waals surface area contributed by atoms with Gasteiger partial charge in [0.15, 0.2) is 0 Å². The normalized spacial score (nSPS) is 17.7. The lowest BCUT2D eigenvalue weighted by Crippen LogP contribution is -2.41. The highest BCUT2D eigenvalue weighted by Gasteiger charge is 2.38. The van der Waals surface area contributed by atoms with Crippen LogP contribution in [0.5, 0.6) is 0 Å². The van der Waals surface area contributed by atoms with E-state index in [1.54, 1.807) is 18.3 Å². The molecule has 0 aliphatic carbocycles. The fourth-order valence-corrected chi connectivity index (χ4v) is 3.33. The number of H-pyrrole nitrogens is 1. The molecule has 11 heteroatoms. The summed E-state index contributed by atoms with van der Waals surface area (Å²) in [6.07, 6.45) is 1.14. The molecule has 7 nitrogen and oxygen atoms in total. The molecule has 0 bridgehead atoms. The molecule has 3 heterocycles. The molecular formula is C24H21F4N5O2. The molecule has 3 aromatic rings. The van der Waals surface area contributed by atoms with Gasteiger partial charge in [-0.2, -0.15) is 18.4 Å². The van der Waals surface area contributed by atoms with E-state index < -0.39 is 17.7 Å². The minimum Gasteiger partial charge on any atom is -0.475 e. The fourth-order valence-electron chi connectivity index (χ4n) is 3.33. The topological polar surface area (TPSA) is 119 Å². The molecule has 0 spiro atoms. The first-order valence-corrected chi connectivity index (χ1v) is 10.3. The second-order valence-corrected chi connectivity index (χ2v) is 7.85. The highest BCUT2D eigenvalue weighted by atomic mass is 19.4. The zero-order valence-corrected chi connectivity index (χ0v) is 18.3. The minimum absolute atomic E-state index is 0.250. The number of anilines is 1. The lowest BCUT2D eigenvalue weighted by molar-refractivity contribution is -0.192. The van der Waals surface area contributed by atoms with Crippen LogP contribution in [0.3, 0.4) is 0 Å². The largest absolute Gasteiger partial charge is 0.490 e. The van der Waals surface area contributed by atoms with Gasteiger partial charge < -0.3 is 20.7 Å². The van der Waals surface area contributed by atoms with Gasteiger partial charge in [-0.3, -0.25) is 4.98 Å². The summed E-state index contributed by atoms with van der Waals surface area (Å²) in [4.78, 5) is 18.8. The first-order chi connectivity index (χ1) is 16.5. The number of hydrogen-bond acceptors (Lipinski definition) is 5. The van der Waals surface area contributed by atoms with Gasteiger partial charge in [-0.25, -0.2) is 9.18 Å². The Hall–Kier alpha value is -4.17. The van der Waals surface area contributed by atoms with E-state index in [0.717, 1.165) is 34.9 Å². The van der Waals surface area contributed by atoms with Crippen LogP contribution in [0.2, 0.25) is 0 Å². The number of nitrogens with zero attached hydrogens (tertiary/aromatic N) is 3. The van der Waals surface area contributed by atoms with E-state index in [1.165, 1.54) is 12.1 Å². The first-order valence-electron chi connectivity index (χ1n) is 10.3. The van der Waals surface area contributed by atoms with Gasteiger partial charge in [0.05, 0.1) is 18.3 Å². The molecule has 2 aromatic heterocycles. The monoisotopic (exact) mass is 487 g/mol. The number of alkyl halides is 3. The number of carbonyl (C=O) groups is 1. The van der Waals surface area contributed by atoms with Crippen LogP contribution in [0.1, 0.15) is 17.7 Å². The first kappa shape index (κ1) is 25.5. The van der Waals surface area contributed by atoms with Crippen molar-refractivity contribution < 1.29 is 27.5 Å². The zero-order valence-electron chi connectivity index (χ0n) is 18.3. The van der Waals surface area contributed by atoms with Crippen LogP contribution in [0.15, 0.2) is 54.7 Å². The number of halogens is 4. The van der Waals surface area contributed by atoms with Gasteiger partial charge in [-0.1, -0.05) is 18.2 Å². The zero-order chi connectivity index (χ0) is 25.6. The van der Waals surface area contributed by atoms with Gasteiger partial charge in [0.25, 0.3) is 0 Å². The van der Waals surface area contributed by atoms with Crippen LogP contribution in [0.4, 0.5) is 23.4 Å². The van der Waals surface area contributed by atoms with Gasteiger partial charge in [-0.05, 0) is 54.5 Å². The summed E-state index contributed by atoms with van der Waals surface area (Å²) in [5.41, 5.74) is 8.99. The lowest BCUT2D eigenvalue weighted by atomic mass is 10.0. The molecule has 4 rings (SSSR count). The van der Waals surface area contributed by atoms with Crippen LogP contribution < -0.4 is 10.6 Å². The molecule has 0 saturated carbocycles. The summed E-state index contributed by atoms with van der Waals surface area (Å²) in [6.45, 7) is 1.28. The van der Waals surface area contributed by atoms with Crippen LogP contribution >= 0.6 is 0 Å². The third-order valence-electron chi connectivity index (χ3n) is 5.19. The van der Waals surface area contributed by atoms with Gasteiger partial charge in [0.2, 0.25) is 0 Å². The molecule has 182 valence electrons. The summed E-state index contributed by atoms with van der Waals surface area (Å²) < 4.78 is 44.7. The number of pyridine rings is 1. The predicted octanol–water partition coefficient (Wildman–Crippen LogP) is 4.45. The van der Waals surface area contributed by atoms with Crippen molar-refractivity contribution in [2.45, 2.75) is 18.1 Å². The predicted molar refractivity (Wildman–Crippen MR) is 122 cm³/mol. The Balaban J connectivity index is 0.000000429. The van der Waals surface area contributed by atoms with Gasteiger partial charge in [0.1, 0.15) is 17.2 Å². The van der Waals surface area contributed by atoms with E-state index in [1.807, 2.05) is 36.4 Å². The van der Waals surface area contributed by atoms with Crippen molar-refractivity contribution in [1.82, 2.24) is 9.97 Å². The number of benzene rings is 1. The standard InChI is InChI=1S/C22H20FN5.C2HF3O2/c23-18-4-1-16(2-5-18)3-6-19-13-17(9-11-26-19)20-7-8-21(27-20)28-12-10-22(25,14-24)15-28;3-2(4,5)1(6)7/h1-9,11,13,27H,10,12,15,25H2;(H,6,7)/b6-3+;/t22-;/m1./s1. The number of aromatic nitrogens is 2. The summed E-state index contributed by atoms with van der Waals surface area (Å²) in [6, 6.07) is 16.5. The van der Waals surface area contributed by atoms with E-state index in [9.17, 15) is 22.8 Å². The maximum atomic E-state index is 13.0. The van der Waals surface area contributed by atoms with Crippen LogP contribution in [0, 0.1) is 17.1 Å². The Bertz CT molecular complexity index is 1250. The van der Waals surface area contributed by atoms with Crippen LogP contribution in [-0.2, 0) is 4.79 Å². The van der Waals surface area contributed by atoms with Crippen molar-refractivity contribution in [1.29, 1.82) is 5.26 Å². The van der Waals surface area contributed by atoms with E-state index >= 15 is 0 Å². The maximum absolute atomic E-state index is 13.0. The van der Waals surface area contributed by atoms with Crippen molar-refractivity contribution in [2.24, 2.45) is 5.73 Å². The summed E-state index contributed by atoms with van der Waals surface area (Å²) in [7, 11) is 0. The second kappa shape index (κ2) is 10.4. The van der Waals surface area contributed by atoms with E-state index in [4.69, 9.17) is 15.6 Å². The van der Waals surface area contributed by atoms with Crippen molar-refractivity contribution in [2.75, 3.05) is 18.0 Å². The van der Waals surface area contributed by atoms with E-state index in [2.05, 4.69) is 20.9 Å². The van der Waals surface area contributed by atoms with Gasteiger partial charge in [0, 0.05) is 24.0 Å². The van der Waals surface area contributed by atoms with Crippen molar-refractivity contribution >= 4 is 23.9 Å². The highest BCUT2D eigenvalue weighted by molar-refractivity contribution is 5.73. The number of aromatic amines is 1. The average molecular weight is 487 g/mol. The number of nitrogens with one attached hydrogen (secondary N) is 1. The third kappa shape index (κ3) is 6.91. The Kier molecular flexibility index (Phi) is 7.56. The number of nitriles is 1. The smallest absolute Gasteiger partial charge is 0.475 e. The minimum atomic E-state index is -5.08. The molecule has 1 saturated heterocycles. The van der Waals surface area contributed by atoms with Crippen LogP contribution in [0.25, 0.3) is 23.4 Å². The van der Waals surface area contributed by atoms with Crippen molar-refractivity contribution in [3.63, 3.8) is 0 Å². The molecule has 35 heavy (non-hydrogen) atoms. The Morgan fingerprint density at radius 1 is 1.20 bits per heavy atom. The van der Waals surface area contributed by atoms with Crippen molar-refractivity contribution in [3.05, 3.63) is 71.8 Å². The number of carboxylic acids is 1. The molecule has 0 radical (unpaired) electrons. The average Bonchev–Trinajstić information content (AvgIpc) is 3.46. The van der Waals surface area contributed by atoms with Gasteiger partial charge in [-0.15, -0.1) is 0 Å².